The van der Waals surface area contributed by atoms with E-state index >= 15 is 4.39 Å². The van der Waals surface area contributed by atoms with E-state index in [1.54, 1.807) is 52.3 Å². The highest BCUT2D eigenvalue weighted by molar-refractivity contribution is 6.32. The van der Waals surface area contributed by atoms with Gasteiger partial charge in [0.25, 0.3) is 0 Å². The molecule has 0 radical (unpaired) electrons. The summed E-state index contributed by atoms with van der Waals surface area (Å²) < 4.78 is 41.7. The Morgan fingerprint density at radius 1 is 0.952 bits per heavy atom. The molecule has 4 aromatic rings. The van der Waals surface area contributed by atoms with Crippen LogP contribution in [0.3, 0.4) is 0 Å². The zero-order valence-corrected chi connectivity index (χ0v) is 25.8. The van der Waals surface area contributed by atoms with Gasteiger partial charge in [-0.2, -0.15) is 0 Å². The predicted octanol–water partition coefficient (Wildman–Crippen LogP) is 8.92. The summed E-state index contributed by atoms with van der Waals surface area (Å²) in [4.78, 5) is 16.8. The van der Waals surface area contributed by atoms with Crippen molar-refractivity contribution in [3.63, 3.8) is 0 Å². The number of amides is 1. The van der Waals surface area contributed by atoms with Crippen LogP contribution in [0.25, 0.3) is 5.69 Å². The van der Waals surface area contributed by atoms with E-state index in [0.717, 1.165) is 11.3 Å². The van der Waals surface area contributed by atoms with Crippen LogP contribution in [0.2, 0.25) is 10.0 Å². The molecule has 0 saturated heterocycles. The quantitative estimate of drug-likeness (QED) is 0.215. The fourth-order valence-corrected chi connectivity index (χ4v) is 5.15. The molecule has 0 fully saturated rings. The van der Waals surface area contributed by atoms with Crippen LogP contribution in [0.1, 0.15) is 57.3 Å². The number of nitrogens with zero attached hydrogens (tertiary/aromatic N) is 2. The van der Waals surface area contributed by atoms with Gasteiger partial charge in [0.1, 0.15) is 28.8 Å². The highest BCUT2D eigenvalue weighted by atomic mass is 35.5. The van der Waals surface area contributed by atoms with Gasteiger partial charge in [-0.15, -0.1) is 0 Å². The van der Waals surface area contributed by atoms with E-state index in [1.165, 1.54) is 24.3 Å². The maximum atomic E-state index is 15.2. The van der Waals surface area contributed by atoms with Crippen molar-refractivity contribution in [1.29, 1.82) is 0 Å². The fraction of sp³-hybridized carbons (Fsp3) is 0.312. The van der Waals surface area contributed by atoms with Crippen molar-refractivity contribution < 1.29 is 23.0 Å². The Balaban J connectivity index is 1.67. The normalized spacial score (nSPS) is 11.9. The number of halogens is 4. The lowest BCUT2D eigenvalue weighted by molar-refractivity contribution is 0.0636. The Morgan fingerprint density at radius 2 is 1.64 bits per heavy atom. The number of rotatable bonds is 8. The monoisotopic (exact) mass is 615 g/mol. The summed E-state index contributed by atoms with van der Waals surface area (Å²) in [7, 11) is 1.56. The summed E-state index contributed by atoms with van der Waals surface area (Å²) in [6, 6.07) is 14.4. The maximum absolute atomic E-state index is 15.2. The smallest absolute Gasteiger partial charge is 0.412 e. The molecule has 1 aromatic heterocycles. The number of hydrogen-bond donors (Lipinski definition) is 1. The lowest BCUT2D eigenvalue weighted by Crippen LogP contribution is -2.27. The average molecular weight is 617 g/mol. The minimum absolute atomic E-state index is 0.162. The molecule has 6 nitrogen and oxygen atoms in total. The Kier molecular flexibility index (Phi) is 9.18. The van der Waals surface area contributed by atoms with E-state index in [2.05, 4.69) is 5.32 Å². The molecule has 10 heteroatoms. The highest BCUT2D eigenvalue weighted by Gasteiger charge is 2.30. The summed E-state index contributed by atoms with van der Waals surface area (Å²) in [6.45, 7) is 9.29. The van der Waals surface area contributed by atoms with Crippen molar-refractivity contribution in [3.05, 3.63) is 105 Å². The molecule has 1 heterocycles. The van der Waals surface area contributed by atoms with Crippen LogP contribution in [-0.2, 0) is 23.0 Å². The molecule has 1 amide bonds. The Bertz CT molecular complexity index is 1570. The van der Waals surface area contributed by atoms with Crippen molar-refractivity contribution in [1.82, 2.24) is 9.55 Å². The van der Waals surface area contributed by atoms with Gasteiger partial charge in [0, 0.05) is 40.0 Å². The van der Waals surface area contributed by atoms with Crippen LogP contribution in [0.15, 0.2) is 60.8 Å². The standard InChI is InChI=1S/C32H33Cl2F2N3O3/c1-31(2,3)42-30(40)38-21-16-25(34)23(26(36)17-21)12-14-29-37-18-28(39(29)22-10-8-20(35)9-11-22)32(4,5)19-7-13-24(33)27(15-19)41-6/h7-11,13,15-18H,12,14H2,1-6H3,(H,38,40). The van der Waals surface area contributed by atoms with E-state index in [9.17, 15) is 9.18 Å². The first kappa shape index (κ1) is 31.3. The largest absolute Gasteiger partial charge is 0.495 e. The van der Waals surface area contributed by atoms with Gasteiger partial charge in [0.15, 0.2) is 0 Å². The van der Waals surface area contributed by atoms with E-state index in [0.29, 0.717) is 28.7 Å². The van der Waals surface area contributed by atoms with Gasteiger partial charge in [-0.3, -0.25) is 9.88 Å². The molecule has 0 bridgehead atoms. The summed E-state index contributed by atoms with van der Waals surface area (Å²) >= 11 is 12.7. The average Bonchev–Trinajstić information content (AvgIpc) is 3.32. The van der Waals surface area contributed by atoms with Crippen LogP contribution < -0.4 is 10.1 Å². The van der Waals surface area contributed by atoms with Gasteiger partial charge < -0.3 is 9.47 Å². The molecule has 0 spiro atoms. The van der Waals surface area contributed by atoms with Gasteiger partial charge in [-0.1, -0.05) is 43.1 Å². The molecule has 0 saturated carbocycles. The van der Waals surface area contributed by atoms with Crippen LogP contribution in [-0.4, -0.2) is 28.4 Å². The number of hydrogen-bond acceptors (Lipinski definition) is 4. The van der Waals surface area contributed by atoms with Crippen molar-refractivity contribution in [3.8, 4) is 11.4 Å². The number of benzene rings is 3. The predicted molar refractivity (Wildman–Crippen MR) is 162 cm³/mol. The molecule has 0 atom stereocenters. The second kappa shape index (κ2) is 12.3. The Hall–Kier alpha value is -3.62. The Labute approximate surface area is 254 Å². The number of aryl methyl sites for hydroxylation is 1. The number of anilines is 1. The van der Waals surface area contributed by atoms with E-state index in [4.69, 9.17) is 37.7 Å². The number of carbonyl (C=O) groups is 1. The second-order valence-electron chi connectivity index (χ2n) is 11.4. The van der Waals surface area contributed by atoms with Gasteiger partial charge in [0.05, 0.1) is 17.8 Å². The molecule has 0 aliphatic rings. The number of nitrogens with one attached hydrogen (secondary N) is 1. The highest BCUT2D eigenvalue weighted by Crippen LogP contribution is 2.38. The summed E-state index contributed by atoms with van der Waals surface area (Å²) in [5, 5.41) is 3.17. The summed E-state index contributed by atoms with van der Waals surface area (Å²) in [5.74, 6) is 0.252. The van der Waals surface area contributed by atoms with Crippen LogP contribution in [0.5, 0.6) is 5.75 Å². The van der Waals surface area contributed by atoms with Gasteiger partial charge in [-0.05, 0) is 81.3 Å². The Morgan fingerprint density at radius 3 is 2.26 bits per heavy atom. The zero-order valence-electron chi connectivity index (χ0n) is 24.3. The SMILES string of the molecule is COc1cc(C(C)(C)c2cnc(CCc3c(F)cc(NC(=O)OC(C)(C)C)cc3Cl)n2-c2ccc(F)cc2)ccc1Cl. The second-order valence-corrected chi connectivity index (χ2v) is 12.2. The molecule has 0 aliphatic heterocycles. The third-order valence-corrected chi connectivity index (χ3v) is 7.47. The lowest BCUT2D eigenvalue weighted by Gasteiger charge is -2.28. The number of carbonyl (C=O) groups excluding carboxylic acids is 1. The van der Waals surface area contributed by atoms with Gasteiger partial charge >= 0.3 is 6.09 Å². The minimum Gasteiger partial charge on any atom is -0.495 e. The molecule has 0 unspecified atom stereocenters. The molecule has 0 aliphatic carbocycles. The van der Waals surface area contributed by atoms with Crippen molar-refractivity contribution in [2.75, 3.05) is 12.4 Å². The van der Waals surface area contributed by atoms with E-state index in [-0.39, 0.29) is 28.5 Å². The minimum atomic E-state index is -0.708. The molecule has 4 rings (SSSR count). The first-order valence-corrected chi connectivity index (χ1v) is 14.1. The van der Waals surface area contributed by atoms with E-state index < -0.39 is 22.9 Å². The first-order chi connectivity index (χ1) is 19.7. The molecular formula is C32H33Cl2F2N3O3. The number of methoxy groups -OCH3 is 1. The zero-order chi connectivity index (χ0) is 30.8. The van der Waals surface area contributed by atoms with Crippen LogP contribution >= 0.6 is 23.2 Å². The molecule has 222 valence electrons. The van der Waals surface area contributed by atoms with Crippen molar-refractivity contribution >= 4 is 35.0 Å². The van der Waals surface area contributed by atoms with Crippen LogP contribution in [0, 0.1) is 11.6 Å². The number of ether oxygens (including phenoxy) is 2. The third kappa shape index (κ3) is 7.05. The first-order valence-electron chi connectivity index (χ1n) is 13.3. The van der Waals surface area contributed by atoms with Crippen LogP contribution in [0.4, 0.5) is 19.3 Å². The summed E-state index contributed by atoms with van der Waals surface area (Å²) in [5.41, 5.74) is 1.66. The van der Waals surface area contributed by atoms with Gasteiger partial charge in [-0.25, -0.2) is 18.6 Å². The van der Waals surface area contributed by atoms with Gasteiger partial charge in [0.2, 0.25) is 0 Å². The maximum Gasteiger partial charge on any atom is 0.412 e. The molecular weight excluding hydrogens is 583 g/mol. The third-order valence-electron chi connectivity index (χ3n) is 6.82. The molecule has 3 aromatic carbocycles. The van der Waals surface area contributed by atoms with Crippen molar-refractivity contribution in [2.45, 2.75) is 58.5 Å². The molecule has 42 heavy (non-hydrogen) atoms. The molecule has 1 N–H and O–H groups in total. The summed E-state index contributed by atoms with van der Waals surface area (Å²) in [6.07, 6.45) is 1.61. The van der Waals surface area contributed by atoms with Crippen molar-refractivity contribution in [2.24, 2.45) is 0 Å². The van der Waals surface area contributed by atoms with E-state index in [1.807, 2.05) is 30.5 Å². The fourth-order valence-electron chi connectivity index (χ4n) is 4.65. The topological polar surface area (TPSA) is 65.4 Å². The number of imidazole rings is 1. The number of aromatic nitrogens is 2. The lowest BCUT2D eigenvalue weighted by atomic mass is 9.81.